The fourth-order valence-electron chi connectivity index (χ4n) is 3.67. The molecule has 2 fully saturated rings. The molecule has 2 heterocycles. The minimum absolute atomic E-state index is 0.0975. The molecule has 144 valence electrons. The van der Waals surface area contributed by atoms with Gasteiger partial charge in [-0.25, -0.2) is 9.97 Å². The molecule has 0 spiro atoms. The van der Waals surface area contributed by atoms with Gasteiger partial charge in [0, 0.05) is 12.7 Å². The van der Waals surface area contributed by atoms with Crippen molar-refractivity contribution in [2.24, 2.45) is 12.2 Å². The van der Waals surface area contributed by atoms with Gasteiger partial charge in [0.25, 0.3) is 5.91 Å². The predicted molar refractivity (Wildman–Crippen MR) is 107 cm³/mol. The lowest BCUT2D eigenvalue weighted by atomic mass is 9.99. The second kappa shape index (κ2) is 8.38. The van der Waals surface area contributed by atoms with Crippen LogP contribution in [-0.2, 0) is 12.7 Å². The van der Waals surface area contributed by atoms with Crippen LogP contribution < -0.4 is 10.1 Å². The lowest BCUT2D eigenvalue weighted by molar-refractivity contribution is 0.0944. The van der Waals surface area contributed by atoms with Crippen molar-refractivity contribution in [3.8, 4) is 5.75 Å². The van der Waals surface area contributed by atoms with Gasteiger partial charge in [0.1, 0.15) is 6.26 Å². The molecule has 2 saturated carbocycles. The molecule has 2 aliphatic carbocycles. The van der Waals surface area contributed by atoms with E-state index in [9.17, 15) is 4.79 Å². The molecule has 2 aromatic rings. The van der Waals surface area contributed by atoms with Crippen LogP contribution in [0.1, 0.15) is 65.5 Å². The third-order valence-electron chi connectivity index (χ3n) is 5.57. The predicted octanol–water partition coefficient (Wildman–Crippen LogP) is 4.18. The standard InChI is InChI=1S/C21H27N3O2S/c1-27-11-10-22-19(27)8-9-23-21(25)20-18(26-14-15-6-7-15)12-17(13-24-20)16-4-2-3-5-16/h10-13,15-16H,2-9,14H2,1H3/p+1. The monoisotopic (exact) mass is 386 g/mol. The first kappa shape index (κ1) is 18.4. The molecule has 1 N–H and O–H groups in total. The molecular formula is C21H28N3O2S+. The third-order valence-corrected chi connectivity index (χ3v) is 7.15. The van der Waals surface area contributed by atoms with Crippen molar-refractivity contribution in [3.05, 3.63) is 40.1 Å². The largest absolute Gasteiger partial charge is 0.491 e. The zero-order valence-corrected chi connectivity index (χ0v) is 16.8. The molecule has 2 aromatic heterocycles. The summed E-state index contributed by atoms with van der Waals surface area (Å²) in [4.78, 5) is 21.6. The average Bonchev–Trinajstić information content (AvgIpc) is 3.16. The van der Waals surface area contributed by atoms with Crippen LogP contribution >= 0.6 is 10.5 Å². The fraction of sp³-hybridized carbons (Fsp3) is 0.571. The number of amides is 1. The number of hydrogen-bond donors (Lipinski definition) is 1. The molecule has 0 aliphatic heterocycles. The Kier molecular flexibility index (Phi) is 5.72. The van der Waals surface area contributed by atoms with E-state index in [2.05, 4.69) is 33.0 Å². The van der Waals surface area contributed by atoms with E-state index in [4.69, 9.17) is 4.74 Å². The summed E-state index contributed by atoms with van der Waals surface area (Å²) in [5.41, 5.74) is 1.63. The Morgan fingerprint density at radius 1 is 1.26 bits per heavy atom. The Hall–Kier alpha value is -1.95. The lowest BCUT2D eigenvalue weighted by Gasteiger charge is -2.15. The van der Waals surface area contributed by atoms with Gasteiger partial charge in [0.15, 0.2) is 16.8 Å². The van der Waals surface area contributed by atoms with Crippen LogP contribution in [0.3, 0.4) is 0 Å². The van der Waals surface area contributed by atoms with E-state index in [1.54, 1.807) is 0 Å². The van der Waals surface area contributed by atoms with Crippen LogP contribution in [0.2, 0.25) is 0 Å². The van der Waals surface area contributed by atoms with Crippen molar-refractivity contribution < 1.29 is 9.53 Å². The second-order valence-electron chi connectivity index (χ2n) is 7.72. The molecular weight excluding hydrogens is 358 g/mol. The summed E-state index contributed by atoms with van der Waals surface area (Å²) >= 11 is 0. The Morgan fingerprint density at radius 2 is 2.07 bits per heavy atom. The highest BCUT2D eigenvalue weighted by Gasteiger charge is 2.25. The molecule has 0 radical (unpaired) electrons. The Bertz CT molecular complexity index is 794. The number of aromatic nitrogens is 2. The first-order valence-electron chi connectivity index (χ1n) is 9.99. The normalized spacial score (nSPS) is 17.9. The zero-order valence-electron chi connectivity index (χ0n) is 15.9. The van der Waals surface area contributed by atoms with Gasteiger partial charge in [0.05, 0.1) is 19.2 Å². The number of nitrogens with zero attached hydrogens (tertiary/aromatic N) is 2. The second-order valence-corrected chi connectivity index (χ2v) is 9.58. The van der Waals surface area contributed by atoms with Crippen LogP contribution in [0.15, 0.2) is 23.8 Å². The topological polar surface area (TPSA) is 64.1 Å². The number of carbonyl (C=O) groups is 1. The molecule has 27 heavy (non-hydrogen) atoms. The summed E-state index contributed by atoms with van der Waals surface area (Å²) in [5, 5.41) is 6.24. The molecule has 0 saturated heterocycles. The van der Waals surface area contributed by atoms with Crippen molar-refractivity contribution >= 4 is 16.4 Å². The maximum atomic E-state index is 12.7. The molecule has 1 atom stereocenters. The summed E-state index contributed by atoms with van der Waals surface area (Å²) in [6.07, 6.45) is 14.1. The van der Waals surface area contributed by atoms with Crippen LogP contribution in [0.25, 0.3) is 0 Å². The smallest absolute Gasteiger partial charge is 0.273 e. The van der Waals surface area contributed by atoms with E-state index in [1.807, 2.05) is 12.4 Å². The van der Waals surface area contributed by atoms with Gasteiger partial charge in [-0.15, -0.1) is 0 Å². The fourth-order valence-corrected chi connectivity index (χ4v) is 4.73. The minimum Gasteiger partial charge on any atom is -0.491 e. The minimum atomic E-state index is -0.152. The third kappa shape index (κ3) is 4.67. The Balaban J connectivity index is 1.43. The van der Waals surface area contributed by atoms with Gasteiger partial charge in [-0.1, -0.05) is 12.8 Å². The number of aryl methyl sites for hydroxylation is 1. The number of hydrogen-bond acceptors (Lipinski definition) is 4. The molecule has 2 aliphatic rings. The number of rotatable bonds is 8. The highest BCUT2D eigenvalue weighted by atomic mass is 32.2. The van der Waals surface area contributed by atoms with E-state index >= 15 is 0 Å². The van der Waals surface area contributed by atoms with Gasteiger partial charge in [-0.3, -0.25) is 4.79 Å². The van der Waals surface area contributed by atoms with Crippen molar-refractivity contribution in [1.29, 1.82) is 0 Å². The maximum Gasteiger partial charge on any atom is 0.273 e. The van der Waals surface area contributed by atoms with Crippen LogP contribution in [0.5, 0.6) is 5.75 Å². The number of thiazole rings is 1. The van der Waals surface area contributed by atoms with Gasteiger partial charge in [-0.2, -0.15) is 0 Å². The Labute approximate surface area is 163 Å². The molecule has 1 unspecified atom stereocenters. The molecule has 1 amide bonds. The van der Waals surface area contributed by atoms with E-state index in [0.717, 1.165) is 11.4 Å². The van der Waals surface area contributed by atoms with Crippen molar-refractivity contribution in [2.75, 3.05) is 13.2 Å². The summed E-state index contributed by atoms with van der Waals surface area (Å²) in [6, 6.07) is 2.06. The molecule has 6 heteroatoms. The zero-order chi connectivity index (χ0) is 18.6. The van der Waals surface area contributed by atoms with Crippen LogP contribution in [0.4, 0.5) is 0 Å². The summed E-state index contributed by atoms with van der Waals surface area (Å²) in [7, 11) is 0.0975. The van der Waals surface area contributed by atoms with E-state index in [-0.39, 0.29) is 16.4 Å². The summed E-state index contributed by atoms with van der Waals surface area (Å²) < 4.78 is 6.02. The average molecular weight is 387 g/mol. The lowest BCUT2D eigenvalue weighted by Crippen LogP contribution is -2.27. The molecule has 4 rings (SSSR count). The van der Waals surface area contributed by atoms with E-state index < -0.39 is 0 Å². The number of ether oxygens (including phenoxy) is 1. The SMILES string of the molecule is C[s+]1ccnc1CCNC(=O)c1ncc(C2CCCC2)cc1OCC1CC1. The highest BCUT2D eigenvalue weighted by molar-refractivity contribution is 7.27. The number of pyridine rings is 1. The molecule has 0 bridgehead atoms. The maximum absolute atomic E-state index is 12.7. The van der Waals surface area contributed by atoms with Crippen LogP contribution in [-0.4, -0.2) is 29.0 Å². The quantitative estimate of drug-likeness (QED) is 0.691. The number of carbonyl (C=O) groups excluding carboxylic acids is 1. The number of nitrogens with one attached hydrogen (secondary N) is 1. The van der Waals surface area contributed by atoms with Gasteiger partial charge in [0.2, 0.25) is 5.01 Å². The van der Waals surface area contributed by atoms with Gasteiger partial charge < -0.3 is 10.1 Å². The molecule has 5 nitrogen and oxygen atoms in total. The first-order chi connectivity index (χ1) is 13.2. The first-order valence-corrected chi connectivity index (χ1v) is 11.7. The molecule has 0 aromatic carbocycles. The van der Waals surface area contributed by atoms with Crippen LogP contribution in [0, 0.1) is 5.92 Å². The van der Waals surface area contributed by atoms with Crippen molar-refractivity contribution in [1.82, 2.24) is 15.3 Å². The van der Waals surface area contributed by atoms with E-state index in [0.29, 0.717) is 36.4 Å². The van der Waals surface area contributed by atoms with Gasteiger partial charge >= 0.3 is 0 Å². The van der Waals surface area contributed by atoms with E-state index in [1.165, 1.54) is 44.1 Å². The summed E-state index contributed by atoms with van der Waals surface area (Å²) in [6.45, 7) is 1.27. The van der Waals surface area contributed by atoms with Crippen molar-refractivity contribution in [3.63, 3.8) is 0 Å². The van der Waals surface area contributed by atoms with Crippen molar-refractivity contribution in [2.45, 2.75) is 50.9 Å². The highest BCUT2D eigenvalue weighted by Crippen LogP contribution is 2.36. The summed E-state index contributed by atoms with van der Waals surface area (Å²) in [5.74, 6) is 1.71. The van der Waals surface area contributed by atoms with Gasteiger partial charge in [-0.05, 0) is 59.6 Å². The Morgan fingerprint density at radius 3 is 2.78 bits per heavy atom.